The Morgan fingerprint density at radius 2 is 2.21 bits per heavy atom. The maximum absolute atomic E-state index is 10.7. The third kappa shape index (κ3) is 1.91. The van der Waals surface area contributed by atoms with Gasteiger partial charge in [-0.15, -0.1) is 0 Å². The molecule has 2 rings (SSSR count). The van der Waals surface area contributed by atoms with E-state index in [0.29, 0.717) is 6.04 Å². The van der Waals surface area contributed by atoms with E-state index in [1.807, 2.05) is 0 Å². The van der Waals surface area contributed by atoms with E-state index in [1.54, 1.807) is 0 Å². The minimum Gasteiger partial charge on any atom is -0.481 e. The third-order valence-electron chi connectivity index (χ3n) is 3.30. The van der Waals surface area contributed by atoms with Crippen LogP contribution in [0.1, 0.15) is 26.2 Å². The van der Waals surface area contributed by atoms with Crippen molar-refractivity contribution in [2.75, 3.05) is 13.1 Å². The van der Waals surface area contributed by atoms with Gasteiger partial charge < -0.3 is 15.7 Å². The van der Waals surface area contributed by atoms with Crippen LogP contribution >= 0.6 is 0 Å². The monoisotopic (exact) mass is 198 g/mol. The summed E-state index contributed by atoms with van der Waals surface area (Å²) in [5.74, 6) is 0.105. The van der Waals surface area contributed by atoms with Crippen LogP contribution in [0.4, 0.5) is 0 Å². The summed E-state index contributed by atoms with van der Waals surface area (Å²) in [5.41, 5.74) is -0.156. The van der Waals surface area contributed by atoms with Crippen molar-refractivity contribution in [1.29, 1.82) is 0 Å². The van der Waals surface area contributed by atoms with Gasteiger partial charge in [-0.3, -0.25) is 4.79 Å². The maximum atomic E-state index is 10.7. The lowest BCUT2D eigenvalue weighted by Crippen LogP contribution is -2.71. The molecular weight excluding hydrogens is 180 g/mol. The average molecular weight is 198 g/mol. The number of nitrogens with one attached hydrogen (secondary N) is 2. The molecule has 0 aromatic rings. The molecule has 80 valence electrons. The van der Waals surface area contributed by atoms with Crippen LogP contribution in [0.3, 0.4) is 0 Å². The van der Waals surface area contributed by atoms with E-state index in [1.165, 1.54) is 12.8 Å². The Balaban J connectivity index is 1.83. The summed E-state index contributed by atoms with van der Waals surface area (Å²) in [7, 11) is 0. The molecule has 0 atom stereocenters. The minimum atomic E-state index is -0.702. The van der Waals surface area contributed by atoms with Crippen molar-refractivity contribution >= 4 is 5.97 Å². The molecule has 0 spiro atoms. The van der Waals surface area contributed by atoms with Gasteiger partial charge in [0.15, 0.2) is 0 Å². The van der Waals surface area contributed by atoms with Crippen LogP contribution in [0, 0.1) is 5.92 Å². The summed E-state index contributed by atoms with van der Waals surface area (Å²) in [6.45, 7) is 3.83. The molecule has 3 N–H and O–H groups in total. The summed E-state index contributed by atoms with van der Waals surface area (Å²) < 4.78 is 0. The fourth-order valence-corrected chi connectivity index (χ4v) is 2.45. The molecule has 1 aliphatic carbocycles. The van der Waals surface area contributed by atoms with Gasteiger partial charge in [-0.05, 0) is 18.8 Å². The first-order valence-electron chi connectivity index (χ1n) is 5.30. The third-order valence-corrected chi connectivity index (χ3v) is 3.30. The second-order valence-electron chi connectivity index (χ2n) is 4.87. The van der Waals surface area contributed by atoms with E-state index in [4.69, 9.17) is 5.11 Å². The zero-order valence-corrected chi connectivity index (χ0v) is 8.55. The number of hydrogen-bond donors (Lipinski definition) is 3. The van der Waals surface area contributed by atoms with Crippen molar-refractivity contribution in [3.63, 3.8) is 0 Å². The zero-order valence-electron chi connectivity index (χ0n) is 8.55. The summed E-state index contributed by atoms with van der Waals surface area (Å²) in [5, 5.41) is 15.4. The number of hydrogen-bond acceptors (Lipinski definition) is 3. The second kappa shape index (κ2) is 3.51. The molecule has 0 aromatic heterocycles. The largest absolute Gasteiger partial charge is 0.481 e. The summed E-state index contributed by atoms with van der Waals surface area (Å²) in [4.78, 5) is 10.7. The maximum Gasteiger partial charge on any atom is 0.305 e. The highest BCUT2D eigenvalue weighted by atomic mass is 16.4. The Labute approximate surface area is 84.1 Å². The van der Waals surface area contributed by atoms with Crippen LogP contribution in [0.5, 0.6) is 0 Å². The summed E-state index contributed by atoms with van der Waals surface area (Å²) in [6, 6.07) is 0.548. The van der Waals surface area contributed by atoms with E-state index >= 15 is 0 Å². The molecule has 2 aliphatic rings. The molecule has 0 radical (unpaired) electrons. The molecule has 1 heterocycles. The first kappa shape index (κ1) is 9.93. The Bertz CT molecular complexity index is 232. The van der Waals surface area contributed by atoms with E-state index in [0.717, 1.165) is 19.0 Å². The lowest BCUT2D eigenvalue weighted by Gasteiger charge is -2.48. The van der Waals surface area contributed by atoms with Gasteiger partial charge in [0.25, 0.3) is 0 Å². The van der Waals surface area contributed by atoms with Gasteiger partial charge in [0.1, 0.15) is 0 Å². The molecule has 0 amide bonds. The molecule has 1 saturated heterocycles. The lowest BCUT2D eigenvalue weighted by atomic mass is 9.78. The summed E-state index contributed by atoms with van der Waals surface area (Å²) >= 11 is 0. The van der Waals surface area contributed by atoms with Crippen molar-refractivity contribution in [3.05, 3.63) is 0 Å². The fourth-order valence-electron chi connectivity index (χ4n) is 2.45. The van der Waals surface area contributed by atoms with Gasteiger partial charge in [0.2, 0.25) is 0 Å². The van der Waals surface area contributed by atoms with Gasteiger partial charge >= 0.3 is 5.97 Å². The molecule has 4 heteroatoms. The van der Waals surface area contributed by atoms with Gasteiger partial charge in [-0.1, -0.05) is 6.92 Å². The van der Waals surface area contributed by atoms with Crippen molar-refractivity contribution < 1.29 is 9.90 Å². The predicted molar refractivity (Wildman–Crippen MR) is 53.2 cm³/mol. The Morgan fingerprint density at radius 1 is 1.57 bits per heavy atom. The van der Waals surface area contributed by atoms with Crippen LogP contribution in [0.15, 0.2) is 0 Å². The van der Waals surface area contributed by atoms with Crippen LogP contribution in [-0.4, -0.2) is 35.7 Å². The van der Waals surface area contributed by atoms with Gasteiger partial charge in [-0.2, -0.15) is 0 Å². The molecule has 14 heavy (non-hydrogen) atoms. The van der Waals surface area contributed by atoms with Gasteiger partial charge in [0, 0.05) is 19.1 Å². The first-order chi connectivity index (χ1) is 6.60. The number of aliphatic carboxylic acids is 1. The molecule has 1 saturated carbocycles. The van der Waals surface area contributed by atoms with Crippen molar-refractivity contribution in [2.45, 2.75) is 37.8 Å². The standard InChI is InChI=1S/C10H18N2O2/c1-7-2-8(3-7)12-10(4-9(13)14)5-11-6-10/h7-8,11-12H,2-6H2,1H3,(H,13,14). The Morgan fingerprint density at radius 3 is 2.57 bits per heavy atom. The second-order valence-corrected chi connectivity index (χ2v) is 4.87. The number of carbonyl (C=O) groups is 1. The topological polar surface area (TPSA) is 61.4 Å². The normalized spacial score (nSPS) is 34.4. The molecule has 0 unspecified atom stereocenters. The highest BCUT2D eigenvalue weighted by molar-refractivity contribution is 5.68. The molecule has 0 bridgehead atoms. The SMILES string of the molecule is CC1CC(NC2(CC(=O)O)CNC2)C1. The molecule has 4 nitrogen and oxygen atoms in total. The highest BCUT2D eigenvalue weighted by Crippen LogP contribution is 2.29. The number of carboxylic acid groups (broad SMARTS) is 1. The van der Waals surface area contributed by atoms with Crippen molar-refractivity contribution in [2.24, 2.45) is 5.92 Å². The fraction of sp³-hybridized carbons (Fsp3) is 0.900. The Kier molecular flexibility index (Phi) is 2.49. The lowest BCUT2D eigenvalue weighted by molar-refractivity contribution is -0.139. The zero-order chi connectivity index (χ0) is 10.2. The van der Waals surface area contributed by atoms with E-state index in [-0.39, 0.29) is 12.0 Å². The average Bonchev–Trinajstić information content (AvgIpc) is 1.96. The highest BCUT2D eigenvalue weighted by Gasteiger charge is 2.42. The van der Waals surface area contributed by atoms with Gasteiger partial charge in [0.05, 0.1) is 12.0 Å². The molecule has 2 fully saturated rings. The van der Waals surface area contributed by atoms with Crippen LogP contribution in [-0.2, 0) is 4.79 Å². The van der Waals surface area contributed by atoms with Crippen molar-refractivity contribution in [1.82, 2.24) is 10.6 Å². The molecule has 1 aliphatic heterocycles. The van der Waals surface area contributed by atoms with E-state index in [9.17, 15) is 4.79 Å². The number of rotatable bonds is 4. The van der Waals surface area contributed by atoms with Crippen LogP contribution < -0.4 is 10.6 Å². The van der Waals surface area contributed by atoms with Crippen LogP contribution in [0.2, 0.25) is 0 Å². The smallest absolute Gasteiger partial charge is 0.305 e. The van der Waals surface area contributed by atoms with E-state index < -0.39 is 5.97 Å². The molecule has 0 aromatic carbocycles. The minimum absolute atomic E-state index is 0.156. The predicted octanol–water partition coefficient (Wildman–Crippen LogP) is 0.191. The van der Waals surface area contributed by atoms with Gasteiger partial charge in [-0.25, -0.2) is 0 Å². The molecular formula is C10H18N2O2. The van der Waals surface area contributed by atoms with Crippen molar-refractivity contribution in [3.8, 4) is 0 Å². The van der Waals surface area contributed by atoms with E-state index in [2.05, 4.69) is 17.6 Å². The van der Waals surface area contributed by atoms with Crippen LogP contribution in [0.25, 0.3) is 0 Å². The first-order valence-corrected chi connectivity index (χ1v) is 5.30. The summed E-state index contributed by atoms with van der Waals surface area (Å²) in [6.07, 6.45) is 2.63. The Hall–Kier alpha value is -0.610. The number of carboxylic acids is 1. The quantitative estimate of drug-likeness (QED) is 0.603.